The molecule has 3 rings (SSSR count). The summed E-state index contributed by atoms with van der Waals surface area (Å²) >= 11 is 0. The molecule has 152 valence electrons. The average molecular weight is 397 g/mol. The number of nitrogens with zero attached hydrogens (tertiary/aromatic N) is 2. The zero-order chi connectivity index (χ0) is 20.8. The lowest BCUT2D eigenvalue weighted by molar-refractivity contribution is -0.124. The molecule has 0 aliphatic carbocycles. The number of ether oxygens (including phenoxy) is 2. The molecule has 2 aromatic rings. The number of amides is 4. The molecule has 0 aromatic heterocycles. The number of urea groups is 1. The highest BCUT2D eigenvalue weighted by Crippen LogP contribution is 2.28. The molecule has 1 saturated heterocycles. The molecule has 0 spiro atoms. The second-order valence-corrected chi connectivity index (χ2v) is 6.47. The molecule has 0 radical (unpaired) electrons. The first-order valence-electron chi connectivity index (χ1n) is 9.17. The summed E-state index contributed by atoms with van der Waals surface area (Å²) < 4.78 is 10.2. The third-order valence-corrected chi connectivity index (χ3v) is 4.62. The van der Waals surface area contributed by atoms with Gasteiger partial charge in [0.15, 0.2) is 0 Å². The van der Waals surface area contributed by atoms with E-state index in [-0.39, 0.29) is 25.5 Å². The fourth-order valence-corrected chi connectivity index (χ4v) is 3.16. The fraction of sp³-hybridized carbons (Fsp3) is 0.286. The first-order valence-corrected chi connectivity index (χ1v) is 9.17. The number of imide groups is 1. The molecule has 8 nitrogen and oxygen atoms in total. The highest BCUT2D eigenvalue weighted by molar-refractivity contribution is 6.22. The second-order valence-electron chi connectivity index (χ2n) is 6.47. The average Bonchev–Trinajstić information content (AvgIpc) is 2.96. The quantitative estimate of drug-likeness (QED) is 0.692. The maximum absolute atomic E-state index is 13.0. The molecule has 0 unspecified atom stereocenters. The molecule has 1 heterocycles. The summed E-state index contributed by atoms with van der Waals surface area (Å²) in [6, 6.07) is 14.2. The van der Waals surface area contributed by atoms with Crippen molar-refractivity contribution in [2.75, 3.05) is 37.6 Å². The Hall–Kier alpha value is -3.39. The van der Waals surface area contributed by atoms with Crippen molar-refractivity contribution < 1.29 is 23.9 Å². The van der Waals surface area contributed by atoms with Crippen LogP contribution in [0.25, 0.3) is 0 Å². The van der Waals surface area contributed by atoms with E-state index in [2.05, 4.69) is 5.32 Å². The maximum atomic E-state index is 13.0. The summed E-state index contributed by atoms with van der Waals surface area (Å²) in [7, 11) is 3.05. The molecular formula is C21H23N3O5. The molecule has 1 aliphatic heterocycles. The van der Waals surface area contributed by atoms with Crippen LogP contribution in [0, 0.1) is 0 Å². The van der Waals surface area contributed by atoms with Crippen LogP contribution in [0.5, 0.6) is 5.75 Å². The third kappa shape index (κ3) is 4.55. The second kappa shape index (κ2) is 9.20. The Balaban J connectivity index is 1.80. The Morgan fingerprint density at radius 3 is 2.34 bits per heavy atom. The Bertz CT molecular complexity index is 870. The van der Waals surface area contributed by atoms with E-state index in [9.17, 15) is 14.4 Å². The Labute approximate surface area is 169 Å². The van der Waals surface area contributed by atoms with E-state index in [0.717, 1.165) is 4.90 Å². The minimum Gasteiger partial charge on any atom is -0.497 e. The number of hydrogen-bond donors (Lipinski definition) is 1. The summed E-state index contributed by atoms with van der Waals surface area (Å²) in [4.78, 5) is 41.0. The van der Waals surface area contributed by atoms with Crippen molar-refractivity contribution >= 4 is 29.2 Å². The number of rotatable bonds is 8. The van der Waals surface area contributed by atoms with Gasteiger partial charge in [-0.05, 0) is 36.4 Å². The van der Waals surface area contributed by atoms with Crippen molar-refractivity contribution in [3.05, 3.63) is 54.6 Å². The first kappa shape index (κ1) is 20.3. The van der Waals surface area contributed by atoms with Gasteiger partial charge in [0.1, 0.15) is 11.8 Å². The third-order valence-electron chi connectivity index (χ3n) is 4.62. The van der Waals surface area contributed by atoms with Gasteiger partial charge in [-0.1, -0.05) is 18.2 Å². The lowest BCUT2D eigenvalue weighted by atomic mass is 10.1. The van der Waals surface area contributed by atoms with Crippen molar-refractivity contribution in [3.8, 4) is 5.75 Å². The Kier molecular flexibility index (Phi) is 6.46. The van der Waals surface area contributed by atoms with E-state index in [1.807, 2.05) is 6.07 Å². The van der Waals surface area contributed by atoms with Crippen molar-refractivity contribution in [2.45, 2.75) is 12.5 Å². The number of methoxy groups -OCH3 is 2. The van der Waals surface area contributed by atoms with Crippen LogP contribution in [0.4, 0.5) is 16.2 Å². The van der Waals surface area contributed by atoms with E-state index in [0.29, 0.717) is 17.1 Å². The topological polar surface area (TPSA) is 88.2 Å². The summed E-state index contributed by atoms with van der Waals surface area (Å²) in [5, 5.41) is 2.76. The number of carbonyl (C=O) groups is 3. The summed E-state index contributed by atoms with van der Waals surface area (Å²) in [5.41, 5.74) is 1.05. The Morgan fingerprint density at radius 1 is 1.03 bits per heavy atom. The number of carbonyl (C=O) groups excluding carboxylic acids is 3. The smallest absolute Gasteiger partial charge is 0.332 e. The SMILES string of the molecule is COCCN1C(=O)N(c2ccc(OC)cc2)C(=O)[C@H]1CC(=O)Nc1ccccc1. The minimum atomic E-state index is -0.900. The summed E-state index contributed by atoms with van der Waals surface area (Å²) in [6.45, 7) is 0.462. The van der Waals surface area contributed by atoms with E-state index in [1.54, 1.807) is 48.5 Å². The largest absolute Gasteiger partial charge is 0.497 e. The van der Waals surface area contributed by atoms with Crippen LogP contribution in [-0.2, 0) is 14.3 Å². The highest BCUT2D eigenvalue weighted by Gasteiger charge is 2.46. The Morgan fingerprint density at radius 2 is 1.72 bits per heavy atom. The fourth-order valence-electron chi connectivity index (χ4n) is 3.16. The van der Waals surface area contributed by atoms with Gasteiger partial charge in [0.2, 0.25) is 5.91 Å². The van der Waals surface area contributed by atoms with Gasteiger partial charge in [0, 0.05) is 19.3 Å². The van der Waals surface area contributed by atoms with E-state index >= 15 is 0 Å². The van der Waals surface area contributed by atoms with Gasteiger partial charge in [-0.15, -0.1) is 0 Å². The van der Waals surface area contributed by atoms with Crippen molar-refractivity contribution in [1.82, 2.24) is 4.90 Å². The van der Waals surface area contributed by atoms with Crippen LogP contribution >= 0.6 is 0 Å². The zero-order valence-corrected chi connectivity index (χ0v) is 16.3. The summed E-state index contributed by atoms with van der Waals surface area (Å²) in [6.07, 6.45) is -0.143. The van der Waals surface area contributed by atoms with E-state index < -0.39 is 18.0 Å². The monoisotopic (exact) mass is 397 g/mol. The number of para-hydroxylation sites is 1. The number of hydrogen-bond acceptors (Lipinski definition) is 5. The van der Waals surface area contributed by atoms with Gasteiger partial charge >= 0.3 is 6.03 Å². The molecule has 4 amide bonds. The lowest BCUT2D eigenvalue weighted by Crippen LogP contribution is -2.39. The van der Waals surface area contributed by atoms with Crippen LogP contribution in [0.3, 0.4) is 0 Å². The molecule has 29 heavy (non-hydrogen) atoms. The zero-order valence-electron chi connectivity index (χ0n) is 16.3. The van der Waals surface area contributed by atoms with Crippen LogP contribution < -0.4 is 15.0 Å². The van der Waals surface area contributed by atoms with Gasteiger partial charge in [-0.2, -0.15) is 0 Å². The van der Waals surface area contributed by atoms with Crippen LogP contribution in [-0.4, -0.2) is 56.2 Å². The minimum absolute atomic E-state index is 0.143. The van der Waals surface area contributed by atoms with E-state index in [1.165, 1.54) is 19.1 Å². The van der Waals surface area contributed by atoms with Gasteiger partial charge in [0.25, 0.3) is 5.91 Å². The van der Waals surface area contributed by atoms with Crippen LogP contribution in [0.2, 0.25) is 0 Å². The molecule has 1 atom stereocenters. The van der Waals surface area contributed by atoms with E-state index in [4.69, 9.17) is 9.47 Å². The molecule has 2 aromatic carbocycles. The molecule has 1 fully saturated rings. The molecule has 0 saturated carbocycles. The van der Waals surface area contributed by atoms with Gasteiger partial charge < -0.3 is 19.7 Å². The van der Waals surface area contributed by atoms with Crippen LogP contribution in [0.1, 0.15) is 6.42 Å². The number of nitrogens with one attached hydrogen (secondary N) is 1. The van der Waals surface area contributed by atoms with Gasteiger partial charge in [-0.25, -0.2) is 9.69 Å². The van der Waals surface area contributed by atoms with Crippen molar-refractivity contribution in [3.63, 3.8) is 0 Å². The normalized spacial score (nSPS) is 16.3. The predicted octanol–water partition coefficient (Wildman–Crippen LogP) is 2.51. The number of benzene rings is 2. The van der Waals surface area contributed by atoms with Gasteiger partial charge in [0.05, 0.1) is 25.8 Å². The number of anilines is 2. The molecule has 0 bridgehead atoms. The molecule has 1 aliphatic rings. The first-order chi connectivity index (χ1) is 14.0. The van der Waals surface area contributed by atoms with Crippen molar-refractivity contribution in [2.24, 2.45) is 0 Å². The molecule has 1 N–H and O–H groups in total. The van der Waals surface area contributed by atoms with Crippen LogP contribution in [0.15, 0.2) is 54.6 Å². The van der Waals surface area contributed by atoms with Gasteiger partial charge in [-0.3, -0.25) is 9.59 Å². The lowest BCUT2D eigenvalue weighted by Gasteiger charge is -2.21. The molecule has 8 heteroatoms. The highest BCUT2D eigenvalue weighted by atomic mass is 16.5. The van der Waals surface area contributed by atoms with Crippen molar-refractivity contribution in [1.29, 1.82) is 0 Å². The molecular weight excluding hydrogens is 374 g/mol. The standard InChI is InChI=1S/C21H23N3O5/c1-28-13-12-23-18(14-19(25)22-15-6-4-3-5-7-15)20(26)24(21(23)27)16-8-10-17(29-2)11-9-16/h3-11,18H,12-14H2,1-2H3,(H,22,25)/t18-/m1/s1. The summed E-state index contributed by atoms with van der Waals surface area (Å²) in [5.74, 6) is -0.177. The predicted molar refractivity (Wildman–Crippen MR) is 108 cm³/mol. The maximum Gasteiger partial charge on any atom is 0.332 e.